The van der Waals surface area contributed by atoms with Gasteiger partial charge in [-0.2, -0.15) is 0 Å². The molecular formula is C18H21NO5S. The van der Waals surface area contributed by atoms with Gasteiger partial charge in [0, 0.05) is 10.9 Å². The lowest BCUT2D eigenvalue weighted by atomic mass is 10.2. The van der Waals surface area contributed by atoms with E-state index in [0.29, 0.717) is 22.1 Å². The first kappa shape index (κ1) is 18.8. The molecule has 0 saturated heterocycles. The second kappa shape index (κ2) is 9.08. The van der Waals surface area contributed by atoms with Crippen LogP contribution in [0.5, 0.6) is 11.5 Å². The van der Waals surface area contributed by atoms with Crippen LogP contribution < -0.4 is 14.8 Å². The SMILES string of the molecule is CCOC(=O)c1cc(CC)sc1NC(=O)COc1cccc(OC)c1. The normalized spacial score (nSPS) is 10.2. The van der Waals surface area contributed by atoms with E-state index in [0.717, 1.165) is 11.3 Å². The number of aryl methyl sites for hydroxylation is 1. The molecule has 1 N–H and O–H groups in total. The lowest BCUT2D eigenvalue weighted by Gasteiger charge is -2.08. The highest BCUT2D eigenvalue weighted by Crippen LogP contribution is 2.29. The van der Waals surface area contributed by atoms with Gasteiger partial charge in [-0.25, -0.2) is 4.79 Å². The van der Waals surface area contributed by atoms with Gasteiger partial charge in [0.25, 0.3) is 5.91 Å². The fourth-order valence-electron chi connectivity index (χ4n) is 2.07. The molecule has 0 fully saturated rings. The van der Waals surface area contributed by atoms with E-state index in [-0.39, 0.29) is 19.1 Å². The van der Waals surface area contributed by atoms with Crippen molar-refractivity contribution >= 4 is 28.2 Å². The number of rotatable bonds is 8. The van der Waals surface area contributed by atoms with E-state index in [4.69, 9.17) is 14.2 Å². The summed E-state index contributed by atoms with van der Waals surface area (Å²) in [6.07, 6.45) is 0.771. The van der Waals surface area contributed by atoms with Crippen molar-refractivity contribution in [3.05, 3.63) is 40.8 Å². The molecule has 0 atom stereocenters. The molecule has 0 bridgehead atoms. The molecule has 1 heterocycles. The summed E-state index contributed by atoms with van der Waals surface area (Å²) in [6.45, 7) is 3.83. The Hall–Kier alpha value is -2.54. The number of carbonyl (C=O) groups is 2. The summed E-state index contributed by atoms with van der Waals surface area (Å²) in [7, 11) is 1.56. The number of ether oxygens (including phenoxy) is 3. The molecule has 134 valence electrons. The van der Waals surface area contributed by atoms with Crippen LogP contribution in [0.15, 0.2) is 30.3 Å². The fraction of sp³-hybridized carbons (Fsp3) is 0.333. The molecule has 0 aliphatic heterocycles. The minimum atomic E-state index is -0.442. The molecular weight excluding hydrogens is 342 g/mol. The standard InChI is InChI=1S/C18H21NO5S/c1-4-14-10-15(18(21)23-5-2)17(25-14)19-16(20)11-24-13-8-6-7-12(9-13)22-3/h6-10H,4-5,11H2,1-3H3,(H,19,20). The summed E-state index contributed by atoms with van der Waals surface area (Å²) >= 11 is 1.36. The molecule has 2 aromatic rings. The first-order valence-electron chi connectivity index (χ1n) is 7.93. The maximum absolute atomic E-state index is 12.2. The van der Waals surface area contributed by atoms with Crippen molar-refractivity contribution in [1.29, 1.82) is 0 Å². The smallest absolute Gasteiger partial charge is 0.341 e. The molecule has 1 amide bonds. The summed E-state index contributed by atoms with van der Waals surface area (Å²) in [5, 5.41) is 3.21. The van der Waals surface area contributed by atoms with Crippen molar-refractivity contribution in [2.45, 2.75) is 20.3 Å². The Kier molecular flexibility index (Phi) is 6.82. The van der Waals surface area contributed by atoms with Crippen LogP contribution in [-0.4, -0.2) is 32.2 Å². The third-order valence-corrected chi connectivity index (χ3v) is 4.49. The van der Waals surface area contributed by atoms with Gasteiger partial charge in [0.05, 0.1) is 19.3 Å². The fourth-order valence-corrected chi connectivity index (χ4v) is 3.07. The molecule has 2 rings (SSSR count). The predicted octanol–water partition coefficient (Wildman–Crippen LogP) is 3.51. The second-order valence-corrected chi connectivity index (χ2v) is 6.18. The van der Waals surface area contributed by atoms with Crippen LogP contribution in [0.25, 0.3) is 0 Å². The van der Waals surface area contributed by atoms with E-state index in [1.54, 1.807) is 44.4 Å². The minimum absolute atomic E-state index is 0.172. The first-order valence-corrected chi connectivity index (χ1v) is 8.75. The molecule has 1 aromatic heterocycles. The maximum atomic E-state index is 12.2. The lowest BCUT2D eigenvalue weighted by molar-refractivity contribution is -0.118. The van der Waals surface area contributed by atoms with Crippen LogP contribution >= 0.6 is 11.3 Å². The Morgan fingerprint density at radius 2 is 1.92 bits per heavy atom. The van der Waals surface area contributed by atoms with E-state index in [1.165, 1.54) is 11.3 Å². The summed E-state index contributed by atoms with van der Waals surface area (Å²) in [5.74, 6) is 0.384. The molecule has 0 saturated carbocycles. The van der Waals surface area contributed by atoms with Crippen molar-refractivity contribution < 1.29 is 23.8 Å². The van der Waals surface area contributed by atoms with Crippen molar-refractivity contribution in [3.63, 3.8) is 0 Å². The number of methoxy groups -OCH3 is 1. The van der Waals surface area contributed by atoms with Crippen LogP contribution in [0.3, 0.4) is 0 Å². The molecule has 25 heavy (non-hydrogen) atoms. The van der Waals surface area contributed by atoms with Crippen molar-refractivity contribution in [2.24, 2.45) is 0 Å². The summed E-state index contributed by atoms with van der Waals surface area (Å²) in [5.41, 5.74) is 0.374. The Morgan fingerprint density at radius 1 is 1.16 bits per heavy atom. The van der Waals surface area contributed by atoms with Crippen LogP contribution in [-0.2, 0) is 16.0 Å². The van der Waals surface area contributed by atoms with E-state index in [1.807, 2.05) is 6.92 Å². The second-order valence-electron chi connectivity index (χ2n) is 5.05. The predicted molar refractivity (Wildman–Crippen MR) is 96.8 cm³/mol. The monoisotopic (exact) mass is 363 g/mol. The zero-order valence-electron chi connectivity index (χ0n) is 14.5. The molecule has 0 aliphatic rings. The van der Waals surface area contributed by atoms with Crippen LogP contribution in [0.2, 0.25) is 0 Å². The number of hydrogen-bond donors (Lipinski definition) is 1. The maximum Gasteiger partial charge on any atom is 0.341 e. The Morgan fingerprint density at radius 3 is 2.60 bits per heavy atom. The van der Waals surface area contributed by atoms with Gasteiger partial charge in [-0.1, -0.05) is 13.0 Å². The van der Waals surface area contributed by atoms with E-state index in [2.05, 4.69) is 5.32 Å². The van der Waals surface area contributed by atoms with Crippen molar-refractivity contribution in [3.8, 4) is 11.5 Å². The topological polar surface area (TPSA) is 73.9 Å². The molecule has 7 heteroatoms. The number of benzene rings is 1. The molecule has 0 unspecified atom stereocenters. The minimum Gasteiger partial charge on any atom is -0.497 e. The molecule has 1 aromatic carbocycles. The first-order chi connectivity index (χ1) is 12.1. The largest absolute Gasteiger partial charge is 0.497 e. The number of amides is 1. The zero-order valence-corrected chi connectivity index (χ0v) is 15.3. The van der Waals surface area contributed by atoms with Gasteiger partial charge in [-0.05, 0) is 31.5 Å². The average Bonchev–Trinajstić information content (AvgIpc) is 3.03. The highest BCUT2D eigenvalue weighted by Gasteiger charge is 2.18. The quantitative estimate of drug-likeness (QED) is 0.727. The van der Waals surface area contributed by atoms with Gasteiger partial charge in [0.1, 0.15) is 16.5 Å². The summed E-state index contributed by atoms with van der Waals surface area (Å²) < 4.78 is 15.6. The van der Waals surface area contributed by atoms with E-state index < -0.39 is 5.97 Å². The van der Waals surface area contributed by atoms with Gasteiger partial charge in [0.2, 0.25) is 0 Å². The number of nitrogens with one attached hydrogen (secondary N) is 1. The number of anilines is 1. The zero-order chi connectivity index (χ0) is 18.2. The van der Waals surface area contributed by atoms with Gasteiger partial charge < -0.3 is 19.5 Å². The molecule has 0 aliphatic carbocycles. The van der Waals surface area contributed by atoms with E-state index >= 15 is 0 Å². The number of esters is 1. The van der Waals surface area contributed by atoms with Gasteiger partial charge in [-0.3, -0.25) is 4.79 Å². The highest BCUT2D eigenvalue weighted by molar-refractivity contribution is 7.16. The van der Waals surface area contributed by atoms with Gasteiger partial charge in [0.15, 0.2) is 6.61 Å². The molecule has 0 spiro atoms. The van der Waals surface area contributed by atoms with Crippen molar-refractivity contribution in [1.82, 2.24) is 0 Å². The molecule has 6 nitrogen and oxygen atoms in total. The lowest BCUT2D eigenvalue weighted by Crippen LogP contribution is -2.21. The average molecular weight is 363 g/mol. The van der Waals surface area contributed by atoms with Crippen molar-refractivity contribution in [2.75, 3.05) is 25.6 Å². The Bertz CT molecular complexity index is 741. The van der Waals surface area contributed by atoms with Gasteiger partial charge in [-0.15, -0.1) is 11.3 Å². The van der Waals surface area contributed by atoms with Crippen LogP contribution in [0, 0.1) is 0 Å². The number of thiophene rings is 1. The Balaban J connectivity index is 2.02. The van der Waals surface area contributed by atoms with Gasteiger partial charge >= 0.3 is 5.97 Å². The summed E-state index contributed by atoms with van der Waals surface area (Å²) in [4.78, 5) is 25.2. The molecule has 0 radical (unpaired) electrons. The van der Waals surface area contributed by atoms with Crippen LogP contribution in [0.4, 0.5) is 5.00 Å². The number of hydrogen-bond acceptors (Lipinski definition) is 6. The third-order valence-electron chi connectivity index (χ3n) is 3.29. The number of carbonyl (C=O) groups excluding carboxylic acids is 2. The highest BCUT2D eigenvalue weighted by atomic mass is 32.1. The Labute approximate surface area is 150 Å². The summed E-state index contributed by atoms with van der Waals surface area (Å²) in [6, 6.07) is 8.74. The third kappa shape index (κ3) is 5.22. The van der Waals surface area contributed by atoms with Crippen LogP contribution in [0.1, 0.15) is 29.1 Å². The van der Waals surface area contributed by atoms with E-state index in [9.17, 15) is 9.59 Å².